The van der Waals surface area contributed by atoms with Gasteiger partial charge in [-0.15, -0.1) is 0 Å². The number of anilines is 3. The van der Waals surface area contributed by atoms with Crippen molar-refractivity contribution in [3.05, 3.63) is 176 Å². The Morgan fingerprint density at radius 1 is 0.348 bits per heavy atom. The third-order valence-electron chi connectivity index (χ3n) is 9.05. The molecule has 0 fully saturated rings. The molecule has 216 valence electrons. The molecule has 0 spiro atoms. The van der Waals surface area contributed by atoms with Gasteiger partial charge in [0.1, 0.15) is 11.2 Å². The number of hydrogen-bond donors (Lipinski definition) is 0. The van der Waals surface area contributed by atoms with Crippen molar-refractivity contribution in [2.24, 2.45) is 0 Å². The minimum absolute atomic E-state index is 0.912. The summed E-state index contributed by atoms with van der Waals surface area (Å²) in [6.07, 6.45) is 0. The zero-order valence-electron chi connectivity index (χ0n) is 25.1. The van der Waals surface area contributed by atoms with Crippen LogP contribution in [0.15, 0.2) is 180 Å². The van der Waals surface area contributed by atoms with Crippen molar-refractivity contribution in [3.63, 3.8) is 0 Å². The quantitative estimate of drug-likeness (QED) is 0.199. The van der Waals surface area contributed by atoms with Gasteiger partial charge in [-0.25, -0.2) is 0 Å². The molecule has 0 radical (unpaired) electrons. The van der Waals surface area contributed by atoms with E-state index in [0.29, 0.717) is 0 Å². The van der Waals surface area contributed by atoms with Crippen molar-refractivity contribution in [3.8, 4) is 22.3 Å². The first-order valence-corrected chi connectivity index (χ1v) is 15.7. The molecule has 9 aromatic rings. The number of fused-ring (bicyclic) bond motifs is 6. The lowest BCUT2D eigenvalue weighted by Gasteiger charge is -2.26. The molecule has 0 unspecified atom stereocenters. The highest BCUT2D eigenvalue weighted by atomic mass is 16.3. The van der Waals surface area contributed by atoms with Crippen LogP contribution in [0.1, 0.15) is 0 Å². The summed E-state index contributed by atoms with van der Waals surface area (Å²) in [6, 6.07) is 62.7. The van der Waals surface area contributed by atoms with E-state index in [1.54, 1.807) is 0 Å². The molecular weight excluding hydrogens is 558 g/mol. The third-order valence-corrected chi connectivity index (χ3v) is 9.05. The monoisotopic (exact) mass is 587 g/mol. The molecule has 1 heterocycles. The Bertz CT molecular complexity index is 2510. The van der Waals surface area contributed by atoms with E-state index in [0.717, 1.165) is 44.7 Å². The molecule has 1 aromatic heterocycles. The molecule has 8 aromatic carbocycles. The van der Waals surface area contributed by atoms with E-state index in [4.69, 9.17) is 4.42 Å². The van der Waals surface area contributed by atoms with E-state index < -0.39 is 0 Å². The largest absolute Gasteiger partial charge is 0.456 e. The molecule has 0 bridgehead atoms. The number of furan rings is 1. The molecule has 0 aliphatic rings. The van der Waals surface area contributed by atoms with Crippen LogP contribution >= 0.6 is 0 Å². The molecule has 0 atom stereocenters. The lowest BCUT2D eigenvalue weighted by atomic mass is 9.94. The average molecular weight is 588 g/mol. The molecule has 0 saturated heterocycles. The number of benzene rings is 8. The average Bonchev–Trinajstić information content (AvgIpc) is 3.51. The van der Waals surface area contributed by atoms with Crippen molar-refractivity contribution >= 4 is 60.5 Å². The van der Waals surface area contributed by atoms with Gasteiger partial charge in [0.2, 0.25) is 0 Å². The summed E-state index contributed by atoms with van der Waals surface area (Å²) >= 11 is 0. The Labute approximate surface area is 267 Å². The van der Waals surface area contributed by atoms with Gasteiger partial charge in [-0.05, 0) is 92.3 Å². The standard InChI is InChI=1S/C44H29NO/c1-2-10-30(11-3-1)32-18-23-35(24-19-32)45(37-27-20-31-12-4-5-13-34(31)28-37)36-25-21-33(22-26-36)41-29-43-44(39-15-7-6-14-38(39)41)40-16-8-9-17-42(40)46-43/h1-29H. The molecule has 2 heteroatoms. The van der Waals surface area contributed by atoms with E-state index in [1.807, 2.05) is 12.1 Å². The van der Waals surface area contributed by atoms with Gasteiger partial charge in [0.15, 0.2) is 0 Å². The van der Waals surface area contributed by atoms with Crippen LogP contribution in [0.5, 0.6) is 0 Å². The zero-order chi connectivity index (χ0) is 30.5. The van der Waals surface area contributed by atoms with Gasteiger partial charge in [-0.3, -0.25) is 0 Å². The summed E-state index contributed by atoms with van der Waals surface area (Å²) < 4.78 is 6.37. The fraction of sp³-hybridized carbons (Fsp3) is 0. The normalized spacial score (nSPS) is 11.5. The third kappa shape index (κ3) is 4.43. The Hall–Kier alpha value is -6.12. The number of hydrogen-bond acceptors (Lipinski definition) is 2. The fourth-order valence-corrected chi connectivity index (χ4v) is 6.81. The Kier molecular flexibility index (Phi) is 6.17. The predicted molar refractivity (Wildman–Crippen MR) is 194 cm³/mol. The summed E-state index contributed by atoms with van der Waals surface area (Å²) in [5, 5.41) is 7.20. The molecule has 0 aliphatic heterocycles. The van der Waals surface area contributed by atoms with Crippen LogP contribution < -0.4 is 4.90 Å². The maximum absolute atomic E-state index is 6.37. The van der Waals surface area contributed by atoms with Gasteiger partial charge in [-0.2, -0.15) is 0 Å². The van der Waals surface area contributed by atoms with E-state index in [2.05, 4.69) is 169 Å². The highest BCUT2D eigenvalue weighted by Gasteiger charge is 2.17. The molecule has 0 amide bonds. The van der Waals surface area contributed by atoms with E-state index >= 15 is 0 Å². The van der Waals surface area contributed by atoms with E-state index in [9.17, 15) is 0 Å². The van der Waals surface area contributed by atoms with Crippen LogP contribution in [0.4, 0.5) is 17.1 Å². The van der Waals surface area contributed by atoms with Gasteiger partial charge >= 0.3 is 0 Å². The van der Waals surface area contributed by atoms with Gasteiger partial charge in [-0.1, -0.05) is 127 Å². The second kappa shape index (κ2) is 10.8. The van der Waals surface area contributed by atoms with Crippen molar-refractivity contribution in [1.29, 1.82) is 0 Å². The highest BCUT2D eigenvalue weighted by molar-refractivity contribution is 6.22. The summed E-state index contributed by atoms with van der Waals surface area (Å²) in [6.45, 7) is 0. The van der Waals surface area contributed by atoms with Crippen molar-refractivity contribution in [2.75, 3.05) is 4.90 Å². The van der Waals surface area contributed by atoms with Crippen LogP contribution in [0.3, 0.4) is 0 Å². The topological polar surface area (TPSA) is 16.4 Å². The Morgan fingerprint density at radius 2 is 0.913 bits per heavy atom. The number of rotatable bonds is 5. The Balaban J connectivity index is 1.17. The molecule has 0 N–H and O–H groups in total. The summed E-state index contributed by atoms with van der Waals surface area (Å²) in [5.41, 5.74) is 9.88. The molecule has 0 saturated carbocycles. The van der Waals surface area contributed by atoms with Crippen LogP contribution in [0, 0.1) is 0 Å². The lowest BCUT2D eigenvalue weighted by molar-refractivity contribution is 0.669. The smallest absolute Gasteiger partial charge is 0.136 e. The van der Waals surface area contributed by atoms with E-state index in [-0.39, 0.29) is 0 Å². The van der Waals surface area contributed by atoms with Crippen molar-refractivity contribution < 1.29 is 4.42 Å². The molecule has 0 aliphatic carbocycles. The second-order valence-corrected chi connectivity index (χ2v) is 11.8. The van der Waals surface area contributed by atoms with Crippen LogP contribution in [0.2, 0.25) is 0 Å². The maximum Gasteiger partial charge on any atom is 0.136 e. The van der Waals surface area contributed by atoms with E-state index in [1.165, 1.54) is 38.1 Å². The lowest BCUT2D eigenvalue weighted by Crippen LogP contribution is -2.09. The predicted octanol–water partition coefficient (Wildman–Crippen LogP) is 12.7. The molecular formula is C44H29NO. The van der Waals surface area contributed by atoms with Gasteiger partial charge in [0.25, 0.3) is 0 Å². The minimum atomic E-state index is 0.912. The van der Waals surface area contributed by atoms with Gasteiger partial charge in [0.05, 0.1) is 0 Å². The van der Waals surface area contributed by atoms with Gasteiger partial charge in [0, 0.05) is 27.8 Å². The Morgan fingerprint density at radius 3 is 1.67 bits per heavy atom. The SMILES string of the molecule is c1ccc(-c2ccc(N(c3ccc(-c4cc5oc6ccccc6c5c5ccccc45)cc3)c3ccc4ccccc4c3)cc2)cc1. The highest BCUT2D eigenvalue weighted by Crippen LogP contribution is 2.42. The number of nitrogens with zero attached hydrogens (tertiary/aromatic N) is 1. The first-order chi connectivity index (χ1) is 22.8. The summed E-state index contributed by atoms with van der Waals surface area (Å²) in [4.78, 5) is 2.34. The molecule has 2 nitrogen and oxygen atoms in total. The molecule has 9 rings (SSSR count). The second-order valence-electron chi connectivity index (χ2n) is 11.8. The minimum Gasteiger partial charge on any atom is -0.456 e. The first kappa shape index (κ1) is 26.3. The fourth-order valence-electron chi connectivity index (χ4n) is 6.81. The summed E-state index contributed by atoms with van der Waals surface area (Å²) in [7, 11) is 0. The van der Waals surface area contributed by atoms with Crippen LogP contribution in [-0.4, -0.2) is 0 Å². The summed E-state index contributed by atoms with van der Waals surface area (Å²) in [5.74, 6) is 0. The molecule has 46 heavy (non-hydrogen) atoms. The number of para-hydroxylation sites is 1. The van der Waals surface area contributed by atoms with Crippen molar-refractivity contribution in [2.45, 2.75) is 0 Å². The van der Waals surface area contributed by atoms with Crippen molar-refractivity contribution in [1.82, 2.24) is 0 Å². The maximum atomic E-state index is 6.37. The first-order valence-electron chi connectivity index (χ1n) is 15.7. The zero-order valence-corrected chi connectivity index (χ0v) is 25.1. The van der Waals surface area contributed by atoms with Crippen LogP contribution in [-0.2, 0) is 0 Å². The van der Waals surface area contributed by atoms with Gasteiger partial charge < -0.3 is 9.32 Å². The van der Waals surface area contributed by atoms with Crippen LogP contribution in [0.25, 0.3) is 65.7 Å².